The van der Waals surface area contributed by atoms with Crippen LogP contribution in [-0.4, -0.2) is 59.9 Å². The normalized spacial score (nSPS) is 21.4. The van der Waals surface area contributed by atoms with Gasteiger partial charge in [0.05, 0.1) is 22.3 Å². The van der Waals surface area contributed by atoms with Crippen LogP contribution in [0.2, 0.25) is 0 Å². The Morgan fingerprint density at radius 3 is 2.43 bits per heavy atom. The molecule has 9 heteroatoms. The second-order valence-electron chi connectivity index (χ2n) is 8.06. The fourth-order valence-corrected chi connectivity index (χ4v) is 5.90. The molecule has 4 rings (SSSR count). The molecule has 1 amide bonds. The van der Waals surface area contributed by atoms with Crippen LogP contribution in [0.15, 0.2) is 35.4 Å². The van der Waals surface area contributed by atoms with Crippen molar-refractivity contribution in [3.8, 4) is 0 Å². The fraction of sp³-hybridized carbons (Fsp3) is 0.524. The molecule has 30 heavy (non-hydrogen) atoms. The van der Waals surface area contributed by atoms with Crippen molar-refractivity contribution < 1.29 is 17.6 Å². The number of benzene rings is 1. The van der Waals surface area contributed by atoms with Crippen LogP contribution in [-0.2, 0) is 10.0 Å². The highest BCUT2D eigenvalue weighted by atomic mass is 32.2. The molecular weight excluding hydrogens is 407 g/mol. The van der Waals surface area contributed by atoms with E-state index in [0.717, 1.165) is 57.3 Å². The molecule has 1 aromatic carbocycles. The van der Waals surface area contributed by atoms with E-state index in [1.54, 1.807) is 6.20 Å². The second kappa shape index (κ2) is 8.85. The average molecular weight is 435 g/mol. The van der Waals surface area contributed by atoms with Crippen LogP contribution < -0.4 is 0 Å². The van der Waals surface area contributed by atoms with Gasteiger partial charge < -0.3 is 4.90 Å². The summed E-state index contributed by atoms with van der Waals surface area (Å²) in [5.74, 6) is -0.638. The molecule has 0 saturated carbocycles. The molecule has 1 aromatic heterocycles. The first-order chi connectivity index (χ1) is 14.5. The maximum atomic E-state index is 13.2. The van der Waals surface area contributed by atoms with Gasteiger partial charge in [-0.1, -0.05) is 12.8 Å². The Morgan fingerprint density at radius 2 is 1.73 bits per heavy atom. The molecule has 2 saturated heterocycles. The number of piperidine rings is 1. The predicted molar refractivity (Wildman–Crippen MR) is 110 cm³/mol. The third kappa shape index (κ3) is 4.27. The molecule has 0 unspecified atom stereocenters. The minimum absolute atomic E-state index is 0.0286. The van der Waals surface area contributed by atoms with Crippen LogP contribution in [0.1, 0.15) is 60.5 Å². The van der Waals surface area contributed by atoms with E-state index < -0.39 is 15.8 Å². The molecule has 3 heterocycles. The molecule has 1 atom stereocenters. The van der Waals surface area contributed by atoms with E-state index in [-0.39, 0.29) is 23.3 Å². The van der Waals surface area contributed by atoms with Crippen molar-refractivity contribution in [1.82, 2.24) is 19.4 Å². The summed E-state index contributed by atoms with van der Waals surface area (Å²) in [6.07, 6.45) is 7.31. The Hall–Kier alpha value is -2.26. The van der Waals surface area contributed by atoms with E-state index in [0.29, 0.717) is 24.2 Å². The van der Waals surface area contributed by atoms with E-state index in [1.807, 2.05) is 4.90 Å². The summed E-state index contributed by atoms with van der Waals surface area (Å²) in [5.41, 5.74) is 1.26. The van der Waals surface area contributed by atoms with Crippen LogP contribution in [0.5, 0.6) is 0 Å². The van der Waals surface area contributed by atoms with E-state index in [4.69, 9.17) is 0 Å². The largest absolute Gasteiger partial charge is 0.339 e. The number of hydrogen-bond acceptors (Lipinski definition) is 4. The zero-order chi connectivity index (χ0) is 21.1. The smallest absolute Gasteiger partial charge is 0.257 e. The molecule has 0 spiro atoms. The number of nitrogens with zero attached hydrogens (tertiary/aromatic N) is 3. The minimum atomic E-state index is -3.72. The van der Waals surface area contributed by atoms with E-state index in [1.165, 1.54) is 16.4 Å². The number of nitrogens with one attached hydrogen (secondary N) is 1. The number of aromatic amines is 1. The fourth-order valence-electron chi connectivity index (χ4n) is 4.37. The van der Waals surface area contributed by atoms with Gasteiger partial charge in [-0.15, -0.1) is 0 Å². The summed E-state index contributed by atoms with van der Waals surface area (Å²) in [6.45, 7) is 2.17. The second-order valence-corrected chi connectivity index (χ2v) is 10.00. The highest BCUT2D eigenvalue weighted by Gasteiger charge is 2.34. The SMILES string of the molecule is O=C(c1cn[nH]c1[C@@H]1CCCN(S(=O)(=O)c2ccc(F)cc2)C1)N1CCCCCC1. The Morgan fingerprint density at radius 1 is 1.03 bits per heavy atom. The highest BCUT2D eigenvalue weighted by Crippen LogP contribution is 2.31. The number of carbonyl (C=O) groups is 1. The number of rotatable bonds is 4. The molecular formula is C21H27FN4O3S. The van der Waals surface area contributed by atoms with Gasteiger partial charge in [-0.05, 0) is 49.9 Å². The Labute approximate surface area is 176 Å². The third-order valence-electron chi connectivity index (χ3n) is 6.04. The number of carbonyl (C=O) groups excluding carboxylic acids is 1. The number of sulfonamides is 1. The molecule has 0 radical (unpaired) electrons. The van der Waals surface area contributed by atoms with Gasteiger partial charge in [-0.2, -0.15) is 9.40 Å². The van der Waals surface area contributed by atoms with Crippen LogP contribution in [0.25, 0.3) is 0 Å². The summed E-state index contributed by atoms with van der Waals surface area (Å²) in [7, 11) is -3.72. The lowest BCUT2D eigenvalue weighted by Crippen LogP contribution is -2.40. The van der Waals surface area contributed by atoms with Gasteiger partial charge in [0.2, 0.25) is 10.0 Å². The number of hydrogen-bond donors (Lipinski definition) is 1. The van der Waals surface area contributed by atoms with Gasteiger partial charge in [0.1, 0.15) is 5.82 Å². The Bertz CT molecular complexity index is 982. The van der Waals surface area contributed by atoms with Crippen molar-refractivity contribution in [3.63, 3.8) is 0 Å². The van der Waals surface area contributed by atoms with E-state index in [9.17, 15) is 17.6 Å². The molecule has 0 bridgehead atoms. The first kappa shape index (κ1) is 21.0. The lowest BCUT2D eigenvalue weighted by atomic mass is 9.93. The van der Waals surface area contributed by atoms with Crippen LogP contribution in [0.3, 0.4) is 0 Å². The number of aromatic nitrogens is 2. The number of amides is 1. The molecule has 7 nitrogen and oxygen atoms in total. The van der Waals surface area contributed by atoms with Crippen molar-refractivity contribution in [3.05, 3.63) is 47.5 Å². The number of likely N-dealkylation sites (tertiary alicyclic amines) is 1. The summed E-state index contributed by atoms with van der Waals surface area (Å²) >= 11 is 0. The Balaban J connectivity index is 1.54. The van der Waals surface area contributed by atoms with Crippen LogP contribution in [0.4, 0.5) is 4.39 Å². The zero-order valence-corrected chi connectivity index (χ0v) is 17.7. The number of H-pyrrole nitrogens is 1. The Kier molecular flexibility index (Phi) is 6.19. The molecule has 2 aromatic rings. The maximum Gasteiger partial charge on any atom is 0.257 e. The summed E-state index contributed by atoms with van der Waals surface area (Å²) < 4.78 is 40.7. The van der Waals surface area contributed by atoms with Gasteiger partial charge in [-0.25, -0.2) is 12.8 Å². The van der Waals surface area contributed by atoms with E-state index in [2.05, 4.69) is 10.2 Å². The molecule has 1 N–H and O–H groups in total. The van der Waals surface area contributed by atoms with Crippen molar-refractivity contribution in [1.29, 1.82) is 0 Å². The molecule has 162 valence electrons. The summed E-state index contributed by atoms with van der Waals surface area (Å²) in [5, 5.41) is 7.07. The van der Waals surface area contributed by atoms with E-state index >= 15 is 0 Å². The molecule has 2 fully saturated rings. The maximum absolute atomic E-state index is 13.2. The summed E-state index contributed by atoms with van der Waals surface area (Å²) in [6, 6.07) is 4.89. The van der Waals surface area contributed by atoms with Crippen molar-refractivity contribution in [2.75, 3.05) is 26.2 Å². The zero-order valence-electron chi connectivity index (χ0n) is 16.9. The molecule has 0 aliphatic carbocycles. The quantitative estimate of drug-likeness (QED) is 0.801. The standard InChI is InChI=1S/C21H27FN4O3S/c22-17-7-9-18(10-8-17)30(28,29)26-13-5-6-16(15-26)20-19(14-23-24-20)21(27)25-11-3-1-2-4-12-25/h7-10,14,16H,1-6,11-13,15H2,(H,23,24)/t16-/m1/s1. The van der Waals surface area contributed by atoms with Gasteiger partial charge >= 0.3 is 0 Å². The monoisotopic (exact) mass is 434 g/mol. The highest BCUT2D eigenvalue weighted by molar-refractivity contribution is 7.89. The third-order valence-corrected chi connectivity index (χ3v) is 7.92. The first-order valence-electron chi connectivity index (χ1n) is 10.5. The van der Waals surface area contributed by atoms with Gasteiger partial charge in [0.25, 0.3) is 5.91 Å². The van der Waals surface area contributed by atoms with Gasteiger partial charge in [0.15, 0.2) is 0 Å². The molecule has 2 aliphatic heterocycles. The minimum Gasteiger partial charge on any atom is -0.339 e. The predicted octanol–water partition coefficient (Wildman–Crippen LogP) is 3.13. The number of halogens is 1. The summed E-state index contributed by atoms with van der Waals surface area (Å²) in [4.78, 5) is 15.1. The van der Waals surface area contributed by atoms with Crippen molar-refractivity contribution in [2.24, 2.45) is 0 Å². The first-order valence-corrected chi connectivity index (χ1v) is 12.0. The molecule has 2 aliphatic rings. The van der Waals surface area contributed by atoms with Crippen LogP contribution in [0, 0.1) is 5.82 Å². The topological polar surface area (TPSA) is 86.4 Å². The van der Waals surface area contributed by atoms with Crippen molar-refractivity contribution >= 4 is 15.9 Å². The lowest BCUT2D eigenvalue weighted by molar-refractivity contribution is 0.0759. The van der Waals surface area contributed by atoms with Gasteiger partial charge in [0, 0.05) is 32.1 Å². The van der Waals surface area contributed by atoms with Gasteiger partial charge in [-0.3, -0.25) is 9.89 Å². The van der Waals surface area contributed by atoms with Crippen LogP contribution >= 0.6 is 0 Å². The lowest BCUT2D eigenvalue weighted by Gasteiger charge is -2.32. The average Bonchev–Trinajstić information content (AvgIpc) is 3.09. The van der Waals surface area contributed by atoms with Crippen molar-refractivity contribution in [2.45, 2.75) is 49.3 Å².